The molecule has 0 aliphatic heterocycles. The van der Waals surface area contributed by atoms with Gasteiger partial charge in [-0.1, -0.05) is 24.3 Å². The number of nitrogens with one attached hydrogen (secondary N) is 1. The van der Waals surface area contributed by atoms with Crippen LogP contribution in [-0.2, 0) is 6.54 Å². The van der Waals surface area contributed by atoms with Crippen LogP contribution in [-0.4, -0.2) is 34.1 Å². The van der Waals surface area contributed by atoms with E-state index in [0.29, 0.717) is 23.2 Å². The standard InChI is InChI=1S/C13H18N4OS2/c1-3-7-14-13-16-15-11(20-13)12(18)17(4-2)9-10-6-5-8-19-10/h5-6,8H,3-4,7,9H2,1-2H3,(H,14,16). The molecule has 0 spiro atoms. The van der Waals surface area contributed by atoms with Gasteiger partial charge in [0.1, 0.15) is 0 Å². The molecule has 2 rings (SSSR count). The molecule has 1 amide bonds. The minimum atomic E-state index is -0.0528. The Bertz CT molecular complexity index is 538. The molecule has 1 N–H and O–H groups in total. The Hall–Kier alpha value is -1.47. The smallest absolute Gasteiger partial charge is 0.285 e. The van der Waals surface area contributed by atoms with Crippen LogP contribution < -0.4 is 5.32 Å². The largest absolute Gasteiger partial charge is 0.360 e. The van der Waals surface area contributed by atoms with Crippen LogP contribution in [0, 0.1) is 0 Å². The Morgan fingerprint density at radius 2 is 2.25 bits per heavy atom. The predicted molar refractivity (Wildman–Crippen MR) is 83.4 cm³/mol. The summed E-state index contributed by atoms with van der Waals surface area (Å²) in [4.78, 5) is 15.4. The molecule has 20 heavy (non-hydrogen) atoms. The van der Waals surface area contributed by atoms with Gasteiger partial charge in [0.2, 0.25) is 10.1 Å². The van der Waals surface area contributed by atoms with Crippen molar-refractivity contribution in [3.8, 4) is 0 Å². The third kappa shape index (κ3) is 3.77. The van der Waals surface area contributed by atoms with Gasteiger partial charge < -0.3 is 10.2 Å². The van der Waals surface area contributed by atoms with Crippen molar-refractivity contribution in [1.29, 1.82) is 0 Å². The van der Waals surface area contributed by atoms with E-state index in [0.717, 1.165) is 13.0 Å². The molecular formula is C13H18N4OS2. The highest BCUT2D eigenvalue weighted by Crippen LogP contribution is 2.19. The van der Waals surface area contributed by atoms with Crippen LogP contribution in [0.25, 0.3) is 0 Å². The summed E-state index contributed by atoms with van der Waals surface area (Å²) in [6, 6.07) is 4.03. The molecule has 0 aromatic carbocycles. The number of thiophene rings is 1. The minimum Gasteiger partial charge on any atom is -0.360 e. The molecule has 2 heterocycles. The maximum atomic E-state index is 12.4. The number of carbonyl (C=O) groups excluding carboxylic acids is 1. The number of rotatable bonds is 7. The van der Waals surface area contributed by atoms with Crippen LogP contribution >= 0.6 is 22.7 Å². The molecule has 0 aliphatic rings. The summed E-state index contributed by atoms with van der Waals surface area (Å²) in [6.07, 6.45) is 1.02. The van der Waals surface area contributed by atoms with E-state index in [9.17, 15) is 4.79 Å². The van der Waals surface area contributed by atoms with E-state index >= 15 is 0 Å². The maximum absolute atomic E-state index is 12.4. The van der Waals surface area contributed by atoms with Gasteiger partial charge in [-0.25, -0.2) is 0 Å². The van der Waals surface area contributed by atoms with Crippen molar-refractivity contribution in [2.45, 2.75) is 26.8 Å². The van der Waals surface area contributed by atoms with Crippen LogP contribution in [0.2, 0.25) is 0 Å². The van der Waals surface area contributed by atoms with Gasteiger partial charge in [0.25, 0.3) is 5.91 Å². The van der Waals surface area contributed by atoms with Gasteiger partial charge in [-0.15, -0.1) is 21.5 Å². The van der Waals surface area contributed by atoms with Crippen LogP contribution in [0.1, 0.15) is 34.9 Å². The fourth-order valence-corrected chi connectivity index (χ4v) is 3.12. The van der Waals surface area contributed by atoms with Gasteiger partial charge in [0, 0.05) is 18.0 Å². The van der Waals surface area contributed by atoms with Gasteiger partial charge in [0.05, 0.1) is 6.54 Å². The highest BCUT2D eigenvalue weighted by molar-refractivity contribution is 7.17. The van der Waals surface area contributed by atoms with Crippen LogP contribution in [0.4, 0.5) is 5.13 Å². The zero-order valence-electron chi connectivity index (χ0n) is 11.6. The molecular weight excluding hydrogens is 292 g/mol. The number of amides is 1. The number of carbonyl (C=O) groups is 1. The van der Waals surface area contributed by atoms with Crippen LogP contribution in [0.3, 0.4) is 0 Å². The van der Waals surface area contributed by atoms with Gasteiger partial charge in [-0.3, -0.25) is 4.79 Å². The lowest BCUT2D eigenvalue weighted by atomic mass is 10.4. The molecule has 0 unspecified atom stereocenters. The number of nitrogens with zero attached hydrogens (tertiary/aromatic N) is 3. The molecule has 0 saturated carbocycles. The SMILES string of the molecule is CCCNc1nnc(C(=O)N(CC)Cc2cccs2)s1. The monoisotopic (exact) mass is 310 g/mol. The van der Waals surface area contributed by atoms with E-state index in [-0.39, 0.29) is 5.91 Å². The number of aromatic nitrogens is 2. The second kappa shape index (κ2) is 7.35. The van der Waals surface area contributed by atoms with E-state index in [1.54, 1.807) is 16.2 Å². The first-order valence-electron chi connectivity index (χ1n) is 6.63. The molecule has 7 heteroatoms. The van der Waals surface area contributed by atoms with Crippen molar-refractivity contribution in [3.63, 3.8) is 0 Å². The maximum Gasteiger partial charge on any atom is 0.285 e. The quantitative estimate of drug-likeness (QED) is 0.854. The zero-order chi connectivity index (χ0) is 14.4. The highest BCUT2D eigenvalue weighted by atomic mass is 32.1. The normalized spacial score (nSPS) is 10.5. The van der Waals surface area contributed by atoms with E-state index < -0.39 is 0 Å². The van der Waals surface area contributed by atoms with Crippen molar-refractivity contribution in [1.82, 2.24) is 15.1 Å². The van der Waals surface area contributed by atoms with Gasteiger partial charge >= 0.3 is 0 Å². The average Bonchev–Trinajstić information content (AvgIpc) is 3.13. The third-order valence-corrected chi connectivity index (χ3v) is 4.46. The van der Waals surface area contributed by atoms with Gasteiger partial charge in [-0.05, 0) is 24.8 Å². The van der Waals surface area contributed by atoms with Gasteiger partial charge in [-0.2, -0.15) is 0 Å². The Morgan fingerprint density at radius 3 is 2.90 bits per heavy atom. The Kier molecular flexibility index (Phi) is 5.49. The predicted octanol–water partition coefficient (Wildman–Crippen LogP) is 3.08. The number of hydrogen-bond acceptors (Lipinski definition) is 6. The lowest BCUT2D eigenvalue weighted by Gasteiger charge is -2.18. The van der Waals surface area contributed by atoms with Crippen molar-refractivity contribution < 1.29 is 4.79 Å². The summed E-state index contributed by atoms with van der Waals surface area (Å²) in [6.45, 7) is 6.19. The Balaban J connectivity index is 2.02. The zero-order valence-corrected chi connectivity index (χ0v) is 13.3. The highest BCUT2D eigenvalue weighted by Gasteiger charge is 2.19. The second-order valence-electron chi connectivity index (χ2n) is 4.24. The Morgan fingerprint density at radius 1 is 1.40 bits per heavy atom. The van der Waals surface area contributed by atoms with E-state index in [1.165, 1.54) is 16.2 Å². The first-order chi connectivity index (χ1) is 9.74. The average molecular weight is 310 g/mol. The molecule has 0 atom stereocenters. The lowest BCUT2D eigenvalue weighted by Crippen LogP contribution is -2.29. The van der Waals surface area contributed by atoms with E-state index in [4.69, 9.17) is 0 Å². The number of anilines is 1. The van der Waals surface area contributed by atoms with Crippen LogP contribution in [0.15, 0.2) is 17.5 Å². The molecule has 0 bridgehead atoms. The second-order valence-corrected chi connectivity index (χ2v) is 6.25. The van der Waals surface area contributed by atoms with Crippen molar-refractivity contribution in [2.24, 2.45) is 0 Å². The Labute approximate surface area is 126 Å². The summed E-state index contributed by atoms with van der Waals surface area (Å²) in [7, 11) is 0. The third-order valence-electron chi connectivity index (χ3n) is 2.73. The van der Waals surface area contributed by atoms with Crippen molar-refractivity contribution >= 4 is 33.7 Å². The van der Waals surface area contributed by atoms with Gasteiger partial charge in [0.15, 0.2) is 0 Å². The van der Waals surface area contributed by atoms with E-state index in [1.807, 2.05) is 24.4 Å². The van der Waals surface area contributed by atoms with Crippen LogP contribution in [0.5, 0.6) is 0 Å². The topological polar surface area (TPSA) is 58.1 Å². The molecule has 0 saturated heterocycles. The molecule has 0 aliphatic carbocycles. The lowest BCUT2D eigenvalue weighted by molar-refractivity contribution is 0.0753. The minimum absolute atomic E-state index is 0.0528. The molecule has 108 valence electrons. The summed E-state index contributed by atoms with van der Waals surface area (Å²) >= 11 is 2.97. The van der Waals surface area contributed by atoms with Crippen molar-refractivity contribution in [3.05, 3.63) is 27.4 Å². The molecule has 5 nitrogen and oxygen atoms in total. The summed E-state index contributed by atoms with van der Waals surface area (Å²) in [5, 5.41) is 14.3. The summed E-state index contributed by atoms with van der Waals surface area (Å²) in [5.41, 5.74) is 0. The molecule has 0 radical (unpaired) electrons. The van der Waals surface area contributed by atoms with Crippen molar-refractivity contribution in [2.75, 3.05) is 18.4 Å². The fourth-order valence-electron chi connectivity index (χ4n) is 1.67. The molecule has 2 aromatic heterocycles. The summed E-state index contributed by atoms with van der Waals surface area (Å²) < 4.78 is 0. The first-order valence-corrected chi connectivity index (χ1v) is 8.33. The fraction of sp³-hybridized carbons (Fsp3) is 0.462. The summed E-state index contributed by atoms with van der Waals surface area (Å²) in [5.74, 6) is -0.0528. The molecule has 0 fully saturated rings. The molecule has 2 aromatic rings. The number of hydrogen-bond donors (Lipinski definition) is 1. The first kappa shape index (κ1) is 14.9. The van der Waals surface area contributed by atoms with E-state index in [2.05, 4.69) is 22.4 Å².